The molecular weight excluding hydrogens is 210 g/mol. The lowest BCUT2D eigenvalue weighted by atomic mass is 10.2. The molecule has 86 valence electrons. The highest BCUT2D eigenvalue weighted by Crippen LogP contribution is 2.15. The Kier molecular flexibility index (Phi) is 4.85. The van der Waals surface area contributed by atoms with Crippen molar-refractivity contribution in [2.24, 2.45) is 5.16 Å². The van der Waals surface area contributed by atoms with Crippen LogP contribution in [0.5, 0.6) is 5.75 Å². The summed E-state index contributed by atoms with van der Waals surface area (Å²) in [4.78, 5) is 14.7. The summed E-state index contributed by atoms with van der Waals surface area (Å²) in [5.41, 5.74) is 0.745. The zero-order valence-electron chi connectivity index (χ0n) is 8.92. The third-order valence-corrected chi connectivity index (χ3v) is 1.67. The molecule has 5 heteroatoms. The monoisotopic (exact) mass is 223 g/mol. The molecule has 0 unspecified atom stereocenters. The normalized spacial score (nSPS) is 10.3. The molecule has 0 spiro atoms. The number of ether oxygens (including phenoxy) is 1. The van der Waals surface area contributed by atoms with Gasteiger partial charge >= 0.3 is 5.97 Å². The number of carbonyl (C=O) groups is 1. The maximum absolute atomic E-state index is 10.2. The molecule has 16 heavy (non-hydrogen) atoms. The molecule has 0 saturated heterocycles. The number of aliphatic carboxylic acids is 1. The van der Waals surface area contributed by atoms with Crippen LogP contribution in [-0.4, -0.2) is 30.5 Å². The molecule has 0 amide bonds. The molecule has 1 N–H and O–H groups in total. The largest absolute Gasteiger partial charge is 0.493 e. The quantitative estimate of drug-likeness (QED) is 0.586. The fourth-order valence-electron chi connectivity index (χ4n) is 1.06. The first-order chi connectivity index (χ1) is 7.74. The van der Waals surface area contributed by atoms with Gasteiger partial charge < -0.3 is 14.7 Å². The van der Waals surface area contributed by atoms with Gasteiger partial charge in [0.25, 0.3) is 0 Å². The van der Waals surface area contributed by atoms with E-state index >= 15 is 0 Å². The van der Waals surface area contributed by atoms with Crippen LogP contribution < -0.4 is 4.74 Å². The zero-order chi connectivity index (χ0) is 11.8. The number of hydrogen-bond acceptors (Lipinski definition) is 4. The van der Waals surface area contributed by atoms with Crippen LogP contribution in [0.3, 0.4) is 0 Å². The summed E-state index contributed by atoms with van der Waals surface area (Å²) in [6, 6.07) is 7.29. The summed E-state index contributed by atoms with van der Waals surface area (Å²) in [6.07, 6.45) is 1.42. The molecule has 0 atom stereocenters. The molecule has 0 bridgehead atoms. The molecule has 0 saturated carbocycles. The number of nitrogens with zero attached hydrogens (tertiary/aromatic N) is 1. The van der Waals surface area contributed by atoms with Crippen molar-refractivity contribution in [1.29, 1.82) is 0 Å². The van der Waals surface area contributed by atoms with Gasteiger partial charge in [0.15, 0.2) is 0 Å². The molecule has 0 aliphatic heterocycles. The van der Waals surface area contributed by atoms with Gasteiger partial charge in [-0.15, -0.1) is 0 Å². The number of carboxylic acids is 1. The van der Waals surface area contributed by atoms with Crippen molar-refractivity contribution in [2.75, 3.05) is 13.2 Å². The summed E-state index contributed by atoms with van der Waals surface area (Å²) in [5.74, 6) is -0.372. The van der Waals surface area contributed by atoms with Crippen molar-refractivity contribution in [2.45, 2.75) is 6.92 Å². The van der Waals surface area contributed by atoms with Crippen LogP contribution in [0.15, 0.2) is 29.4 Å². The Morgan fingerprint density at radius 2 is 2.25 bits per heavy atom. The number of para-hydroxylation sites is 1. The first-order valence-electron chi connectivity index (χ1n) is 4.83. The fraction of sp³-hybridized carbons (Fsp3) is 0.273. The summed E-state index contributed by atoms with van der Waals surface area (Å²) in [7, 11) is 0. The van der Waals surface area contributed by atoms with Crippen LogP contribution in [0.2, 0.25) is 0 Å². The minimum absolute atomic E-state index is 0.451. The Balaban J connectivity index is 2.61. The third kappa shape index (κ3) is 4.00. The van der Waals surface area contributed by atoms with Gasteiger partial charge in [-0.1, -0.05) is 17.3 Å². The Labute approximate surface area is 93.3 Å². The van der Waals surface area contributed by atoms with Gasteiger partial charge in [0, 0.05) is 5.56 Å². The second-order valence-corrected chi connectivity index (χ2v) is 2.87. The van der Waals surface area contributed by atoms with E-state index < -0.39 is 12.6 Å². The topological polar surface area (TPSA) is 68.1 Å². The number of oxime groups is 1. The molecule has 0 aliphatic rings. The van der Waals surface area contributed by atoms with Crippen LogP contribution in [0.4, 0.5) is 0 Å². The molecule has 1 aromatic carbocycles. The van der Waals surface area contributed by atoms with Crippen LogP contribution in [0.1, 0.15) is 12.5 Å². The Morgan fingerprint density at radius 3 is 2.94 bits per heavy atom. The molecule has 0 aliphatic carbocycles. The van der Waals surface area contributed by atoms with Crippen molar-refractivity contribution in [3.8, 4) is 5.75 Å². The maximum atomic E-state index is 10.2. The van der Waals surface area contributed by atoms with Crippen LogP contribution in [-0.2, 0) is 9.63 Å². The third-order valence-electron chi connectivity index (χ3n) is 1.67. The minimum Gasteiger partial charge on any atom is -0.493 e. The number of benzene rings is 1. The van der Waals surface area contributed by atoms with Crippen molar-refractivity contribution in [1.82, 2.24) is 0 Å². The fourth-order valence-corrected chi connectivity index (χ4v) is 1.06. The highest BCUT2D eigenvalue weighted by molar-refractivity contribution is 5.83. The first kappa shape index (κ1) is 12.0. The molecule has 0 radical (unpaired) electrons. The lowest BCUT2D eigenvalue weighted by molar-refractivity contribution is -0.142. The predicted octanol–water partition coefficient (Wildman–Crippen LogP) is 1.52. The predicted molar refractivity (Wildman–Crippen MR) is 58.8 cm³/mol. The minimum atomic E-state index is -1.06. The average Bonchev–Trinajstić information content (AvgIpc) is 2.26. The Bertz CT molecular complexity index is 376. The van der Waals surface area contributed by atoms with Gasteiger partial charge in [-0.05, 0) is 19.1 Å². The molecule has 1 rings (SSSR count). The zero-order valence-corrected chi connectivity index (χ0v) is 8.92. The van der Waals surface area contributed by atoms with Gasteiger partial charge in [-0.3, -0.25) is 0 Å². The van der Waals surface area contributed by atoms with E-state index in [-0.39, 0.29) is 0 Å². The van der Waals surface area contributed by atoms with Crippen molar-refractivity contribution < 1.29 is 19.5 Å². The highest BCUT2D eigenvalue weighted by atomic mass is 16.6. The van der Waals surface area contributed by atoms with Crippen molar-refractivity contribution in [3.63, 3.8) is 0 Å². The number of carboxylic acid groups (broad SMARTS) is 1. The van der Waals surface area contributed by atoms with Crippen LogP contribution in [0, 0.1) is 0 Å². The summed E-state index contributed by atoms with van der Waals surface area (Å²) < 4.78 is 5.35. The highest BCUT2D eigenvalue weighted by Gasteiger charge is 1.99. The van der Waals surface area contributed by atoms with E-state index in [4.69, 9.17) is 9.84 Å². The molecule has 5 nitrogen and oxygen atoms in total. The number of hydrogen-bond donors (Lipinski definition) is 1. The van der Waals surface area contributed by atoms with Crippen LogP contribution >= 0.6 is 0 Å². The first-order valence-corrected chi connectivity index (χ1v) is 4.83. The average molecular weight is 223 g/mol. The molecule has 0 aromatic heterocycles. The van der Waals surface area contributed by atoms with E-state index in [1.807, 2.05) is 25.1 Å². The van der Waals surface area contributed by atoms with E-state index in [1.165, 1.54) is 6.21 Å². The van der Waals surface area contributed by atoms with E-state index in [0.29, 0.717) is 12.4 Å². The van der Waals surface area contributed by atoms with E-state index in [2.05, 4.69) is 9.99 Å². The maximum Gasteiger partial charge on any atom is 0.344 e. The molecule has 0 fully saturated rings. The summed E-state index contributed by atoms with van der Waals surface area (Å²) >= 11 is 0. The van der Waals surface area contributed by atoms with Gasteiger partial charge in [-0.25, -0.2) is 4.79 Å². The van der Waals surface area contributed by atoms with Crippen LogP contribution in [0.25, 0.3) is 0 Å². The van der Waals surface area contributed by atoms with Crippen molar-refractivity contribution >= 4 is 12.2 Å². The van der Waals surface area contributed by atoms with E-state index in [0.717, 1.165) is 5.56 Å². The van der Waals surface area contributed by atoms with Gasteiger partial charge in [0.2, 0.25) is 6.61 Å². The Hall–Kier alpha value is -2.04. The van der Waals surface area contributed by atoms with Gasteiger partial charge in [0.1, 0.15) is 5.75 Å². The molecule has 1 aromatic rings. The lowest BCUT2D eigenvalue weighted by Crippen LogP contribution is -2.03. The molecular formula is C11H13NO4. The van der Waals surface area contributed by atoms with E-state index in [9.17, 15) is 4.79 Å². The smallest absolute Gasteiger partial charge is 0.344 e. The second-order valence-electron chi connectivity index (χ2n) is 2.87. The van der Waals surface area contributed by atoms with E-state index in [1.54, 1.807) is 6.07 Å². The summed E-state index contributed by atoms with van der Waals surface area (Å²) in [5, 5.41) is 11.9. The number of rotatable bonds is 6. The summed E-state index contributed by atoms with van der Waals surface area (Å²) in [6.45, 7) is 1.99. The van der Waals surface area contributed by atoms with Crippen molar-refractivity contribution in [3.05, 3.63) is 29.8 Å². The van der Waals surface area contributed by atoms with Gasteiger partial charge in [-0.2, -0.15) is 0 Å². The second kappa shape index (κ2) is 6.44. The molecule has 0 heterocycles. The van der Waals surface area contributed by atoms with Gasteiger partial charge in [0.05, 0.1) is 12.8 Å². The SMILES string of the molecule is CCOc1ccccc1C=NOCC(=O)O. The standard InChI is InChI=1S/C11H13NO4/c1-2-15-10-6-4-3-5-9(10)7-12-16-8-11(13)14/h3-7H,2,8H2,1H3,(H,13,14). The lowest BCUT2D eigenvalue weighted by Gasteiger charge is -2.05. The Morgan fingerprint density at radius 1 is 1.50 bits per heavy atom.